The van der Waals surface area contributed by atoms with Gasteiger partial charge in [-0.05, 0) is 51.8 Å². The quantitative estimate of drug-likeness (QED) is 0.834. The normalized spacial score (nSPS) is 12.0. The molecule has 0 aromatic carbocycles. The Labute approximate surface area is 119 Å². The first-order chi connectivity index (χ1) is 9.17. The monoisotopic (exact) mass is 278 g/mol. The third-order valence-corrected chi connectivity index (χ3v) is 3.94. The molecule has 1 aromatic rings. The van der Waals surface area contributed by atoms with Gasteiger partial charge in [0.25, 0.3) is 0 Å². The number of aryl methyl sites for hydroxylation is 1. The molecule has 0 unspecified atom stereocenters. The van der Waals surface area contributed by atoms with E-state index in [-0.39, 0.29) is 5.91 Å². The molecule has 1 aromatic heterocycles. The number of aliphatic carboxylic acids is 1. The minimum absolute atomic E-state index is 0.152. The lowest BCUT2D eigenvalue weighted by Crippen LogP contribution is -2.57. The van der Waals surface area contributed by atoms with Crippen molar-refractivity contribution in [3.63, 3.8) is 0 Å². The van der Waals surface area contributed by atoms with Crippen molar-refractivity contribution in [1.82, 2.24) is 10.3 Å². The van der Waals surface area contributed by atoms with E-state index < -0.39 is 16.9 Å². The molecule has 2 N–H and O–H groups in total. The van der Waals surface area contributed by atoms with Crippen LogP contribution in [0.1, 0.15) is 39.7 Å². The summed E-state index contributed by atoms with van der Waals surface area (Å²) in [7, 11) is 0. The maximum Gasteiger partial charge on any atom is 0.311 e. The summed E-state index contributed by atoms with van der Waals surface area (Å²) in [4.78, 5) is 27.2. The van der Waals surface area contributed by atoms with Gasteiger partial charge in [0.15, 0.2) is 0 Å². The minimum atomic E-state index is -1.04. The third-order valence-electron chi connectivity index (χ3n) is 3.94. The van der Waals surface area contributed by atoms with Gasteiger partial charge >= 0.3 is 5.97 Å². The molecule has 0 fully saturated rings. The van der Waals surface area contributed by atoms with E-state index in [1.54, 1.807) is 40.1 Å². The molecule has 0 radical (unpaired) electrons. The highest BCUT2D eigenvalue weighted by atomic mass is 16.4. The van der Waals surface area contributed by atoms with Crippen molar-refractivity contribution in [2.45, 2.75) is 46.1 Å². The molecule has 0 aliphatic rings. The van der Waals surface area contributed by atoms with Crippen LogP contribution in [0.15, 0.2) is 24.5 Å². The van der Waals surface area contributed by atoms with Crippen molar-refractivity contribution in [3.05, 3.63) is 30.1 Å². The van der Waals surface area contributed by atoms with Crippen molar-refractivity contribution in [2.24, 2.45) is 5.41 Å². The van der Waals surface area contributed by atoms with E-state index in [1.807, 2.05) is 12.1 Å². The molecule has 0 aliphatic carbocycles. The number of hydrogen-bond donors (Lipinski definition) is 2. The molecule has 0 atom stereocenters. The summed E-state index contributed by atoms with van der Waals surface area (Å²) in [6.07, 6.45) is 4.30. The first kappa shape index (κ1) is 16.1. The number of nitrogens with one attached hydrogen (secondary N) is 1. The van der Waals surface area contributed by atoms with Gasteiger partial charge in [-0.25, -0.2) is 0 Å². The van der Waals surface area contributed by atoms with Crippen molar-refractivity contribution in [2.75, 3.05) is 0 Å². The van der Waals surface area contributed by atoms with Gasteiger partial charge in [-0.3, -0.25) is 14.6 Å². The van der Waals surface area contributed by atoms with Crippen LogP contribution in [0.2, 0.25) is 0 Å². The summed E-state index contributed by atoms with van der Waals surface area (Å²) < 4.78 is 0. The maximum absolute atomic E-state index is 12.0. The molecule has 0 spiro atoms. The summed E-state index contributed by atoms with van der Waals surface area (Å²) in [5, 5.41) is 12.1. The van der Waals surface area contributed by atoms with Gasteiger partial charge in [0, 0.05) is 24.4 Å². The summed E-state index contributed by atoms with van der Waals surface area (Å²) in [6.45, 7) is 6.67. The molecule has 20 heavy (non-hydrogen) atoms. The Morgan fingerprint density at radius 2 is 1.75 bits per heavy atom. The smallest absolute Gasteiger partial charge is 0.311 e. The molecule has 110 valence electrons. The number of carbonyl (C=O) groups is 2. The average molecular weight is 278 g/mol. The van der Waals surface area contributed by atoms with E-state index in [1.165, 1.54) is 0 Å². The van der Waals surface area contributed by atoms with Gasteiger partial charge in [-0.15, -0.1) is 0 Å². The van der Waals surface area contributed by atoms with Crippen LogP contribution >= 0.6 is 0 Å². The van der Waals surface area contributed by atoms with Crippen LogP contribution in [0.4, 0.5) is 0 Å². The lowest BCUT2D eigenvalue weighted by molar-refractivity contribution is -0.151. The van der Waals surface area contributed by atoms with Crippen LogP contribution in [-0.2, 0) is 16.0 Å². The molecule has 1 heterocycles. The van der Waals surface area contributed by atoms with E-state index in [2.05, 4.69) is 10.3 Å². The molecule has 0 saturated heterocycles. The number of aromatic nitrogens is 1. The van der Waals surface area contributed by atoms with Crippen molar-refractivity contribution < 1.29 is 14.7 Å². The van der Waals surface area contributed by atoms with Gasteiger partial charge in [-0.2, -0.15) is 0 Å². The number of pyridine rings is 1. The largest absolute Gasteiger partial charge is 0.481 e. The minimum Gasteiger partial charge on any atom is -0.481 e. The van der Waals surface area contributed by atoms with Crippen molar-refractivity contribution in [1.29, 1.82) is 0 Å². The number of carbonyl (C=O) groups excluding carboxylic acids is 1. The first-order valence-electron chi connectivity index (χ1n) is 6.60. The van der Waals surface area contributed by atoms with Crippen LogP contribution in [0.5, 0.6) is 0 Å². The topological polar surface area (TPSA) is 79.3 Å². The Morgan fingerprint density at radius 1 is 1.20 bits per heavy atom. The molecule has 0 aliphatic heterocycles. The zero-order chi connectivity index (χ0) is 15.4. The maximum atomic E-state index is 12.0. The number of carboxylic acid groups (broad SMARTS) is 1. The zero-order valence-electron chi connectivity index (χ0n) is 12.4. The number of nitrogens with zero attached hydrogens (tertiary/aromatic N) is 1. The van der Waals surface area contributed by atoms with Crippen LogP contribution in [0.3, 0.4) is 0 Å². The fourth-order valence-electron chi connectivity index (χ4n) is 1.64. The molecule has 0 bridgehead atoms. The Balaban J connectivity index is 2.60. The average Bonchev–Trinajstić information content (AvgIpc) is 2.36. The van der Waals surface area contributed by atoms with Crippen LogP contribution in [0, 0.1) is 5.41 Å². The summed E-state index contributed by atoms with van der Waals surface area (Å²) in [5.74, 6) is -1.09. The number of hydrogen-bond acceptors (Lipinski definition) is 3. The molecule has 5 heteroatoms. The Hall–Kier alpha value is -1.91. The fourth-order valence-corrected chi connectivity index (χ4v) is 1.64. The number of rotatable bonds is 6. The highest BCUT2D eigenvalue weighted by molar-refractivity contribution is 5.80. The van der Waals surface area contributed by atoms with E-state index in [0.717, 1.165) is 5.56 Å². The molecular formula is C15H22N2O3. The standard InChI is InChI=1S/C15H22N2O3/c1-14(2,13(19)20)15(3,4)17-12(18)6-5-11-7-9-16-10-8-11/h7-10H,5-6H2,1-4H3,(H,17,18)(H,19,20). The van der Waals surface area contributed by atoms with Crippen molar-refractivity contribution in [3.8, 4) is 0 Å². The lowest BCUT2D eigenvalue weighted by Gasteiger charge is -2.38. The highest BCUT2D eigenvalue weighted by Gasteiger charge is 2.44. The summed E-state index contributed by atoms with van der Waals surface area (Å²) in [5.41, 5.74) is -0.835. The SMILES string of the molecule is CC(C)(NC(=O)CCc1ccncc1)C(C)(C)C(=O)O. The first-order valence-corrected chi connectivity index (χ1v) is 6.60. The van der Waals surface area contributed by atoms with E-state index in [9.17, 15) is 14.7 Å². The van der Waals surface area contributed by atoms with Gasteiger partial charge in [0.05, 0.1) is 5.41 Å². The van der Waals surface area contributed by atoms with Gasteiger partial charge < -0.3 is 10.4 Å². The molecule has 1 amide bonds. The molecule has 1 rings (SSSR count). The zero-order valence-corrected chi connectivity index (χ0v) is 12.4. The van der Waals surface area contributed by atoms with Crippen LogP contribution in [0.25, 0.3) is 0 Å². The van der Waals surface area contributed by atoms with E-state index >= 15 is 0 Å². The second kappa shape index (κ2) is 6.03. The second-order valence-corrected chi connectivity index (χ2v) is 5.96. The van der Waals surface area contributed by atoms with Crippen LogP contribution < -0.4 is 5.32 Å². The molecular weight excluding hydrogens is 256 g/mol. The fraction of sp³-hybridized carbons (Fsp3) is 0.533. The molecule has 0 saturated carbocycles. The lowest BCUT2D eigenvalue weighted by atomic mass is 9.74. The summed E-state index contributed by atoms with van der Waals surface area (Å²) >= 11 is 0. The molecule has 5 nitrogen and oxygen atoms in total. The van der Waals surface area contributed by atoms with Gasteiger partial charge in [-0.1, -0.05) is 0 Å². The Morgan fingerprint density at radius 3 is 2.25 bits per heavy atom. The van der Waals surface area contributed by atoms with Crippen LogP contribution in [-0.4, -0.2) is 27.5 Å². The number of carboxylic acids is 1. The van der Waals surface area contributed by atoms with Gasteiger partial charge in [0.1, 0.15) is 0 Å². The Bertz CT molecular complexity index is 481. The predicted octanol–water partition coefficient (Wildman–Crippen LogP) is 2.02. The van der Waals surface area contributed by atoms with E-state index in [4.69, 9.17) is 0 Å². The third kappa shape index (κ3) is 3.79. The van der Waals surface area contributed by atoms with E-state index in [0.29, 0.717) is 12.8 Å². The summed E-state index contributed by atoms with van der Waals surface area (Å²) in [6, 6.07) is 3.72. The Kier molecular flexibility index (Phi) is 4.87. The second-order valence-electron chi connectivity index (χ2n) is 5.96. The number of amides is 1. The predicted molar refractivity (Wildman–Crippen MR) is 76.2 cm³/mol. The van der Waals surface area contributed by atoms with Gasteiger partial charge in [0.2, 0.25) is 5.91 Å². The van der Waals surface area contributed by atoms with Crippen molar-refractivity contribution >= 4 is 11.9 Å². The highest BCUT2D eigenvalue weighted by Crippen LogP contribution is 2.30.